The van der Waals surface area contributed by atoms with Gasteiger partial charge in [-0.2, -0.15) is 0 Å². The van der Waals surface area contributed by atoms with Crippen molar-refractivity contribution in [2.24, 2.45) is 0 Å². The number of likely N-dealkylation sites (N-methyl/N-ethyl adjacent to an activating group) is 1. The predicted octanol–water partition coefficient (Wildman–Crippen LogP) is 1.43. The third-order valence-electron chi connectivity index (χ3n) is 3.06. The van der Waals surface area contributed by atoms with Crippen LogP contribution in [0.15, 0.2) is 0 Å². The topological polar surface area (TPSA) is 74.0 Å². The van der Waals surface area contributed by atoms with E-state index >= 15 is 0 Å². The van der Waals surface area contributed by atoms with Crippen molar-refractivity contribution in [1.29, 1.82) is 0 Å². The molecule has 106 valence electrons. The molecular formula is C14H23N3O2. The van der Waals surface area contributed by atoms with Gasteiger partial charge in [0.2, 0.25) is 0 Å². The van der Waals surface area contributed by atoms with Crippen molar-refractivity contribution >= 4 is 11.7 Å². The van der Waals surface area contributed by atoms with Crippen molar-refractivity contribution in [1.82, 2.24) is 15.6 Å². The molecule has 19 heavy (non-hydrogen) atoms. The van der Waals surface area contributed by atoms with Crippen molar-refractivity contribution in [2.75, 3.05) is 19.6 Å². The number of aryl methyl sites for hydroxylation is 1. The molecule has 0 saturated carbocycles. The Balaban J connectivity index is 2.85. The zero-order valence-corrected chi connectivity index (χ0v) is 12.1. The van der Waals surface area contributed by atoms with Crippen molar-refractivity contribution in [3.05, 3.63) is 22.5 Å². The lowest BCUT2D eigenvalue weighted by Gasteiger charge is -2.06. The number of aromatic amines is 1. The maximum atomic E-state index is 12.1. The van der Waals surface area contributed by atoms with Crippen molar-refractivity contribution in [3.8, 4) is 0 Å². The molecule has 0 atom stereocenters. The third kappa shape index (κ3) is 3.67. The monoisotopic (exact) mass is 265 g/mol. The molecule has 5 nitrogen and oxygen atoms in total. The maximum Gasteiger partial charge on any atom is 0.268 e. The van der Waals surface area contributed by atoms with Crippen LogP contribution in [0.1, 0.15) is 52.9 Å². The number of ketones is 1. The number of carbonyl (C=O) groups is 2. The zero-order chi connectivity index (χ0) is 14.4. The van der Waals surface area contributed by atoms with E-state index in [0.717, 1.165) is 24.3 Å². The number of H-pyrrole nitrogens is 1. The molecule has 0 aromatic carbocycles. The largest absolute Gasteiger partial charge is 0.354 e. The van der Waals surface area contributed by atoms with Gasteiger partial charge in [-0.15, -0.1) is 0 Å². The second kappa shape index (κ2) is 7.09. The molecule has 0 aliphatic rings. The van der Waals surface area contributed by atoms with Crippen LogP contribution in [0.5, 0.6) is 0 Å². The number of hydrogen-bond acceptors (Lipinski definition) is 3. The quantitative estimate of drug-likeness (QED) is 0.516. The smallest absolute Gasteiger partial charge is 0.268 e. The van der Waals surface area contributed by atoms with E-state index in [1.807, 2.05) is 20.8 Å². The highest BCUT2D eigenvalue weighted by Gasteiger charge is 2.21. The summed E-state index contributed by atoms with van der Waals surface area (Å²) in [5.74, 6) is -0.150. The fraction of sp³-hybridized carbons (Fsp3) is 0.571. The van der Waals surface area contributed by atoms with Crippen molar-refractivity contribution in [3.63, 3.8) is 0 Å². The first-order valence-corrected chi connectivity index (χ1v) is 6.74. The van der Waals surface area contributed by atoms with E-state index in [9.17, 15) is 9.59 Å². The van der Waals surface area contributed by atoms with Crippen LogP contribution in [-0.2, 0) is 6.42 Å². The minimum atomic E-state index is -0.148. The molecule has 1 aromatic heterocycles. The van der Waals surface area contributed by atoms with E-state index in [1.54, 1.807) is 0 Å². The van der Waals surface area contributed by atoms with Crippen LogP contribution in [0.25, 0.3) is 0 Å². The molecule has 0 aliphatic carbocycles. The minimum Gasteiger partial charge on any atom is -0.354 e. The Morgan fingerprint density at radius 3 is 2.42 bits per heavy atom. The van der Waals surface area contributed by atoms with Gasteiger partial charge in [0.1, 0.15) is 5.69 Å². The van der Waals surface area contributed by atoms with Crippen LogP contribution in [0.3, 0.4) is 0 Å². The van der Waals surface area contributed by atoms with E-state index in [1.165, 1.54) is 6.92 Å². The average molecular weight is 265 g/mol. The van der Waals surface area contributed by atoms with E-state index < -0.39 is 0 Å². The molecule has 1 aromatic rings. The molecule has 0 saturated heterocycles. The van der Waals surface area contributed by atoms with Crippen LogP contribution in [0.4, 0.5) is 0 Å². The number of Topliss-reactive ketones (excluding diaryl/α,β-unsaturated/α-hetero) is 1. The zero-order valence-electron chi connectivity index (χ0n) is 12.1. The first-order chi connectivity index (χ1) is 9.02. The summed E-state index contributed by atoms with van der Waals surface area (Å²) < 4.78 is 0. The first kappa shape index (κ1) is 15.4. The molecule has 0 radical (unpaired) electrons. The maximum absolute atomic E-state index is 12.1. The first-order valence-electron chi connectivity index (χ1n) is 6.74. The van der Waals surface area contributed by atoms with E-state index in [2.05, 4.69) is 15.6 Å². The predicted molar refractivity (Wildman–Crippen MR) is 75.8 cm³/mol. The van der Waals surface area contributed by atoms with Gasteiger partial charge in [0.15, 0.2) is 5.78 Å². The third-order valence-corrected chi connectivity index (χ3v) is 3.06. The van der Waals surface area contributed by atoms with Crippen LogP contribution >= 0.6 is 0 Å². The molecule has 1 rings (SSSR count). The van der Waals surface area contributed by atoms with Crippen LogP contribution in [0, 0.1) is 6.92 Å². The van der Waals surface area contributed by atoms with Gasteiger partial charge in [-0.25, -0.2) is 0 Å². The molecule has 1 heterocycles. The molecular weight excluding hydrogens is 242 g/mol. The molecule has 0 fully saturated rings. The van der Waals surface area contributed by atoms with Gasteiger partial charge in [0.25, 0.3) is 5.91 Å². The molecule has 0 bridgehead atoms. The summed E-state index contributed by atoms with van der Waals surface area (Å²) in [5, 5.41) is 5.98. The van der Waals surface area contributed by atoms with Gasteiger partial charge in [0.05, 0.1) is 0 Å². The van der Waals surface area contributed by atoms with Gasteiger partial charge >= 0.3 is 0 Å². The molecule has 0 spiro atoms. The van der Waals surface area contributed by atoms with Gasteiger partial charge in [-0.05, 0) is 32.4 Å². The summed E-state index contributed by atoms with van der Waals surface area (Å²) in [6, 6.07) is 0. The Kier molecular flexibility index (Phi) is 5.76. The van der Waals surface area contributed by atoms with Gasteiger partial charge < -0.3 is 15.6 Å². The summed E-state index contributed by atoms with van der Waals surface area (Å²) in [7, 11) is 0. The van der Waals surface area contributed by atoms with Crippen LogP contribution < -0.4 is 10.6 Å². The average Bonchev–Trinajstić information content (AvgIpc) is 2.71. The Morgan fingerprint density at radius 1 is 1.21 bits per heavy atom. The molecule has 1 amide bonds. The summed E-state index contributed by atoms with van der Waals surface area (Å²) in [5.41, 5.74) is 2.74. The van der Waals surface area contributed by atoms with Gasteiger partial charge in [0, 0.05) is 24.3 Å². The molecule has 0 unspecified atom stereocenters. The van der Waals surface area contributed by atoms with Gasteiger partial charge in [-0.1, -0.05) is 13.8 Å². The lowest BCUT2D eigenvalue weighted by molar-refractivity contribution is 0.0948. The fourth-order valence-electron chi connectivity index (χ4n) is 2.23. The van der Waals surface area contributed by atoms with E-state index in [4.69, 9.17) is 0 Å². The normalized spacial score (nSPS) is 10.5. The number of amides is 1. The van der Waals surface area contributed by atoms with Crippen molar-refractivity contribution < 1.29 is 9.59 Å². The number of nitrogens with one attached hydrogen (secondary N) is 3. The number of rotatable bonds is 7. The SMILES string of the molecule is CCNCCNC(=O)c1[nH]c(C)c(C(C)=O)c1CC. The standard InChI is InChI=1S/C14H23N3O2/c1-5-11-12(10(4)18)9(3)17-13(11)14(19)16-8-7-15-6-2/h15,17H,5-8H2,1-4H3,(H,16,19). The number of carbonyl (C=O) groups excluding carboxylic acids is 2. The highest BCUT2D eigenvalue weighted by atomic mass is 16.2. The van der Waals surface area contributed by atoms with Gasteiger partial charge in [-0.3, -0.25) is 9.59 Å². The minimum absolute atomic E-state index is 0.00250. The second-order valence-corrected chi connectivity index (χ2v) is 4.50. The Morgan fingerprint density at radius 2 is 1.89 bits per heavy atom. The molecule has 0 aliphatic heterocycles. The summed E-state index contributed by atoms with van der Waals surface area (Å²) in [6.07, 6.45) is 0.662. The summed E-state index contributed by atoms with van der Waals surface area (Å²) >= 11 is 0. The van der Waals surface area contributed by atoms with E-state index in [-0.39, 0.29) is 11.7 Å². The highest BCUT2D eigenvalue weighted by Crippen LogP contribution is 2.20. The fourth-order valence-corrected chi connectivity index (χ4v) is 2.23. The Labute approximate surface area is 114 Å². The van der Waals surface area contributed by atoms with Crippen LogP contribution in [-0.4, -0.2) is 36.3 Å². The summed E-state index contributed by atoms with van der Waals surface area (Å²) in [6.45, 7) is 9.51. The highest BCUT2D eigenvalue weighted by molar-refractivity contribution is 6.02. The molecule has 3 N–H and O–H groups in total. The second-order valence-electron chi connectivity index (χ2n) is 4.50. The lowest BCUT2D eigenvalue weighted by Crippen LogP contribution is -2.32. The van der Waals surface area contributed by atoms with Crippen molar-refractivity contribution in [2.45, 2.75) is 34.1 Å². The van der Waals surface area contributed by atoms with Crippen LogP contribution in [0.2, 0.25) is 0 Å². The Bertz CT molecular complexity index is 464. The summed E-state index contributed by atoms with van der Waals surface area (Å²) in [4.78, 5) is 26.7. The molecule has 5 heteroatoms. The lowest BCUT2D eigenvalue weighted by atomic mass is 10.0. The Hall–Kier alpha value is -1.62. The number of hydrogen-bond donors (Lipinski definition) is 3. The van der Waals surface area contributed by atoms with E-state index in [0.29, 0.717) is 24.2 Å². The number of aromatic nitrogens is 1.